The number of nitrogens with zero attached hydrogens (tertiary/aromatic N) is 4. The van der Waals surface area contributed by atoms with Crippen molar-refractivity contribution in [2.75, 3.05) is 32.0 Å². The van der Waals surface area contributed by atoms with Crippen LogP contribution in [0.4, 0.5) is 14.6 Å². The Kier molecular flexibility index (Phi) is 4.24. The molecule has 0 amide bonds. The van der Waals surface area contributed by atoms with Crippen LogP contribution in [0.1, 0.15) is 24.7 Å². The van der Waals surface area contributed by atoms with Crippen molar-refractivity contribution in [3.05, 3.63) is 24.3 Å². The summed E-state index contributed by atoms with van der Waals surface area (Å²) in [4.78, 5) is 11.5. The van der Waals surface area contributed by atoms with Crippen LogP contribution in [0.25, 0.3) is 11.3 Å². The number of alkyl halides is 2. The van der Waals surface area contributed by atoms with Gasteiger partial charge >= 0.3 is 6.61 Å². The summed E-state index contributed by atoms with van der Waals surface area (Å²) >= 11 is 0. The third-order valence-corrected chi connectivity index (χ3v) is 7.01. The summed E-state index contributed by atoms with van der Waals surface area (Å²) in [5, 5.41) is 0. The SMILES string of the molecule is Nc1ncc(-c2cn([C@@H]3[C@@H]4CN(C5COC5)C[C@@H]43)c(CC3CC3)n2)cc1OC(F)F. The molecule has 4 fully saturated rings. The van der Waals surface area contributed by atoms with Crippen molar-refractivity contribution in [3.63, 3.8) is 0 Å². The molecule has 0 bridgehead atoms. The molecule has 0 radical (unpaired) electrons. The van der Waals surface area contributed by atoms with E-state index in [9.17, 15) is 8.78 Å². The number of nitrogen functional groups attached to an aromatic ring is 1. The Morgan fingerprint density at radius 3 is 2.63 bits per heavy atom. The third kappa shape index (κ3) is 3.24. The van der Waals surface area contributed by atoms with Crippen LogP contribution in [0.5, 0.6) is 5.75 Å². The molecule has 0 spiro atoms. The van der Waals surface area contributed by atoms with Gasteiger partial charge in [0.2, 0.25) is 0 Å². The van der Waals surface area contributed by atoms with Gasteiger partial charge in [-0.3, -0.25) is 4.90 Å². The van der Waals surface area contributed by atoms with E-state index < -0.39 is 6.61 Å². The Morgan fingerprint density at radius 1 is 1.23 bits per heavy atom. The zero-order chi connectivity index (χ0) is 20.4. The summed E-state index contributed by atoms with van der Waals surface area (Å²) in [5.74, 6) is 2.97. The third-order valence-electron chi connectivity index (χ3n) is 7.01. The molecule has 4 heterocycles. The van der Waals surface area contributed by atoms with Crippen LogP contribution in [0, 0.1) is 17.8 Å². The second-order valence-electron chi connectivity index (χ2n) is 9.05. The van der Waals surface area contributed by atoms with Crippen molar-refractivity contribution in [2.24, 2.45) is 17.8 Å². The fraction of sp³-hybridized carbons (Fsp3) is 0.619. The highest BCUT2D eigenvalue weighted by Crippen LogP contribution is 2.56. The van der Waals surface area contributed by atoms with Gasteiger partial charge < -0.3 is 19.8 Å². The van der Waals surface area contributed by atoms with Crippen molar-refractivity contribution in [2.45, 2.75) is 38.0 Å². The summed E-state index contributed by atoms with van der Waals surface area (Å²) in [6, 6.07) is 2.58. The number of likely N-dealkylation sites (tertiary alicyclic amines) is 1. The number of aromatic nitrogens is 3. The van der Waals surface area contributed by atoms with E-state index in [0.29, 0.717) is 35.4 Å². The lowest BCUT2D eigenvalue weighted by atomic mass is 10.2. The van der Waals surface area contributed by atoms with Crippen molar-refractivity contribution >= 4 is 5.82 Å². The minimum atomic E-state index is -2.94. The largest absolute Gasteiger partial charge is 0.431 e. The molecule has 9 heteroatoms. The van der Waals surface area contributed by atoms with E-state index in [0.717, 1.165) is 44.2 Å². The van der Waals surface area contributed by atoms with E-state index >= 15 is 0 Å². The molecule has 2 saturated carbocycles. The second-order valence-corrected chi connectivity index (χ2v) is 9.05. The topological polar surface area (TPSA) is 78.4 Å². The zero-order valence-corrected chi connectivity index (χ0v) is 16.6. The van der Waals surface area contributed by atoms with Crippen LogP contribution >= 0.6 is 0 Å². The molecule has 6 rings (SSSR count). The van der Waals surface area contributed by atoms with Gasteiger partial charge in [0.15, 0.2) is 11.6 Å². The van der Waals surface area contributed by atoms with Crippen LogP contribution in [-0.2, 0) is 11.2 Å². The molecular weight excluding hydrogens is 392 g/mol. The van der Waals surface area contributed by atoms with Gasteiger partial charge in [0.1, 0.15) is 5.82 Å². The number of rotatable bonds is 7. The number of anilines is 1. The number of fused-ring (bicyclic) bond motifs is 1. The Morgan fingerprint density at radius 2 is 2.00 bits per heavy atom. The first-order valence-corrected chi connectivity index (χ1v) is 10.7. The van der Waals surface area contributed by atoms with Gasteiger partial charge in [-0.05, 0) is 36.7 Å². The Balaban J connectivity index is 1.26. The number of nitrogens with two attached hydrogens (primary N) is 1. The van der Waals surface area contributed by atoms with Crippen molar-refractivity contribution in [3.8, 4) is 17.0 Å². The fourth-order valence-electron chi connectivity index (χ4n) is 5.02. The Hall–Kier alpha value is -2.26. The quantitative estimate of drug-likeness (QED) is 0.746. The molecule has 2 aliphatic carbocycles. The van der Waals surface area contributed by atoms with E-state index in [2.05, 4.69) is 25.4 Å². The summed E-state index contributed by atoms with van der Waals surface area (Å²) < 4.78 is 37.6. The van der Waals surface area contributed by atoms with E-state index in [1.165, 1.54) is 18.9 Å². The lowest BCUT2D eigenvalue weighted by molar-refractivity contribution is -0.0616. The highest BCUT2D eigenvalue weighted by Gasteiger charge is 2.58. The molecule has 2 aliphatic heterocycles. The Bertz CT molecular complexity index is 947. The number of pyridine rings is 1. The Labute approximate surface area is 173 Å². The van der Waals surface area contributed by atoms with Crippen molar-refractivity contribution in [1.82, 2.24) is 19.4 Å². The van der Waals surface area contributed by atoms with Crippen LogP contribution in [-0.4, -0.2) is 58.4 Å². The first-order valence-electron chi connectivity index (χ1n) is 10.7. The molecular formula is C21H25F2N5O2. The van der Waals surface area contributed by atoms with Crippen LogP contribution in [0.2, 0.25) is 0 Å². The van der Waals surface area contributed by atoms with Gasteiger partial charge in [0.25, 0.3) is 0 Å². The maximum absolute atomic E-state index is 12.7. The first kappa shape index (κ1) is 18.5. The predicted molar refractivity (Wildman–Crippen MR) is 105 cm³/mol. The maximum Gasteiger partial charge on any atom is 0.387 e. The van der Waals surface area contributed by atoms with Crippen molar-refractivity contribution < 1.29 is 18.3 Å². The van der Waals surface area contributed by atoms with Gasteiger partial charge in [-0.25, -0.2) is 9.97 Å². The van der Waals surface area contributed by atoms with E-state index in [1.807, 2.05) is 0 Å². The van der Waals surface area contributed by atoms with E-state index in [4.69, 9.17) is 15.5 Å². The minimum Gasteiger partial charge on any atom is -0.431 e. The van der Waals surface area contributed by atoms with Gasteiger partial charge in [-0.15, -0.1) is 0 Å². The molecule has 2 saturated heterocycles. The molecule has 7 nitrogen and oxygen atoms in total. The van der Waals surface area contributed by atoms with Gasteiger partial charge in [0, 0.05) is 43.5 Å². The van der Waals surface area contributed by atoms with Gasteiger partial charge in [0.05, 0.1) is 24.9 Å². The van der Waals surface area contributed by atoms with Crippen LogP contribution in [0.3, 0.4) is 0 Å². The highest BCUT2D eigenvalue weighted by atomic mass is 19.3. The summed E-state index contributed by atoms with van der Waals surface area (Å²) in [7, 11) is 0. The molecule has 4 aliphatic rings. The second kappa shape index (κ2) is 6.88. The summed E-state index contributed by atoms with van der Waals surface area (Å²) in [5.41, 5.74) is 7.08. The molecule has 3 atom stereocenters. The lowest BCUT2D eigenvalue weighted by Crippen LogP contribution is -2.49. The van der Waals surface area contributed by atoms with E-state index in [1.54, 1.807) is 6.20 Å². The standard InChI is InChI=1S/C21H25F2N5O2/c22-21(23)30-17-4-12(5-25-20(17)24)16-8-28(18(26-16)3-11-1-2-11)19-14-6-27(7-15(14)19)13-9-29-10-13/h4-5,8,11,13-15,19,21H,1-3,6-7,9-10H2,(H2,24,25)/t14-,15+,19-. The molecule has 160 valence electrons. The lowest BCUT2D eigenvalue weighted by Gasteiger charge is -2.36. The molecule has 2 aromatic rings. The zero-order valence-electron chi connectivity index (χ0n) is 16.6. The summed E-state index contributed by atoms with van der Waals surface area (Å²) in [6.45, 7) is 1.02. The van der Waals surface area contributed by atoms with E-state index in [-0.39, 0.29) is 11.6 Å². The molecule has 0 unspecified atom stereocenters. The maximum atomic E-state index is 12.7. The fourth-order valence-corrected chi connectivity index (χ4v) is 5.02. The molecule has 30 heavy (non-hydrogen) atoms. The monoisotopic (exact) mass is 417 g/mol. The molecule has 2 N–H and O–H groups in total. The average Bonchev–Trinajstić information content (AvgIpc) is 3.50. The van der Waals surface area contributed by atoms with Crippen LogP contribution in [0.15, 0.2) is 18.5 Å². The minimum absolute atomic E-state index is 0.0477. The number of halogens is 2. The van der Waals surface area contributed by atoms with Gasteiger partial charge in [-0.2, -0.15) is 8.78 Å². The number of piperidine rings is 1. The number of hydrogen-bond donors (Lipinski definition) is 1. The highest BCUT2D eigenvalue weighted by molar-refractivity contribution is 5.63. The first-order chi connectivity index (χ1) is 14.6. The average molecular weight is 417 g/mol. The predicted octanol–water partition coefficient (Wildman–Crippen LogP) is 2.58. The van der Waals surface area contributed by atoms with Crippen molar-refractivity contribution in [1.29, 1.82) is 0 Å². The number of hydrogen-bond acceptors (Lipinski definition) is 6. The molecule has 2 aromatic heterocycles. The summed E-state index contributed by atoms with van der Waals surface area (Å²) in [6.07, 6.45) is 7.12. The molecule has 0 aromatic carbocycles. The normalized spacial score (nSPS) is 28.6. The number of ether oxygens (including phenoxy) is 2. The van der Waals surface area contributed by atoms with Crippen LogP contribution < -0.4 is 10.5 Å². The van der Waals surface area contributed by atoms with Gasteiger partial charge in [-0.1, -0.05) is 0 Å². The number of imidazole rings is 1. The smallest absolute Gasteiger partial charge is 0.387 e.